The topological polar surface area (TPSA) is 254 Å². The van der Waals surface area contributed by atoms with E-state index in [-0.39, 0.29) is 66.9 Å². The Morgan fingerprint density at radius 1 is 0.667 bits per heavy atom. The Bertz CT molecular complexity index is 1930. The van der Waals surface area contributed by atoms with Crippen LogP contribution in [0.4, 0.5) is 5.69 Å². The maximum Gasteiger partial charge on any atom is 0.363 e. The minimum absolute atomic E-state index is 0.00261. The minimum Gasteiger partial charge on any atom is -0.330 e. The van der Waals surface area contributed by atoms with E-state index in [1.54, 1.807) is 6.92 Å². The van der Waals surface area contributed by atoms with Crippen LogP contribution in [0.25, 0.3) is 0 Å². The van der Waals surface area contributed by atoms with Crippen LogP contribution in [0, 0.1) is 0 Å². The lowest BCUT2D eigenvalue weighted by Crippen LogP contribution is -2.32. The molecule has 2 aromatic rings. The van der Waals surface area contributed by atoms with Gasteiger partial charge in [-0.1, -0.05) is 36.1 Å². The van der Waals surface area contributed by atoms with Gasteiger partial charge in [-0.3, -0.25) is 33.6 Å². The number of amides is 7. The normalized spacial score (nSPS) is 15.2. The summed E-state index contributed by atoms with van der Waals surface area (Å²) in [5.41, 5.74) is 0.738. The van der Waals surface area contributed by atoms with Gasteiger partial charge in [-0.2, -0.15) is 0 Å². The van der Waals surface area contributed by atoms with Gasteiger partial charge in [-0.05, 0) is 48.5 Å². The molecule has 0 bridgehead atoms. The molecular weight excluding hydrogens is 851 g/mol. The van der Waals surface area contributed by atoms with E-state index in [2.05, 4.69) is 16.7 Å². The molecule has 54 heavy (non-hydrogen) atoms. The molecule has 21 heteroatoms. The monoisotopic (exact) mass is 882 g/mol. The van der Waals surface area contributed by atoms with Crippen molar-refractivity contribution in [3.63, 3.8) is 0 Å². The number of sulfone groups is 1. The van der Waals surface area contributed by atoms with Crippen molar-refractivity contribution in [3.8, 4) is 0 Å². The number of nitrogens with one attached hydrogen (secondary N) is 1. The molecule has 0 atom stereocenters. The van der Waals surface area contributed by atoms with E-state index in [1.165, 1.54) is 48.5 Å². The van der Waals surface area contributed by atoms with Crippen LogP contribution in [0.15, 0.2) is 65.4 Å². The molecule has 0 radical (unpaired) electrons. The van der Waals surface area contributed by atoms with Crippen molar-refractivity contribution >= 4 is 97.4 Å². The van der Waals surface area contributed by atoms with Crippen LogP contribution >= 0.6 is 22.6 Å². The molecule has 2 aromatic carbocycles. The molecule has 0 aromatic heterocycles. The van der Waals surface area contributed by atoms with Crippen molar-refractivity contribution in [1.29, 1.82) is 0 Å². The number of rotatable bonds is 10. The summed E-state index contributed by atoms with van der Waals surface area (Å²) in [5.74, 6) is -5.55. The number of hydrogen-bond acceptors (Lipinski definition) is 15. The number of alkyl halides is 1. The summed E-state index contributed by atoms with van der Waals surface area (Å²) in [6.07, 6.45) is 0.523. The first-order valence-corrected chi connectivity index (χ1v) is 18.7. The van der Waals surface area contributed by atoms with E-state index < -0.39 is 63.2 Å². The van der Waals surface area contributed by atoms with Crippen molar-refractivity contribution in [2.24, 2.45) is 0 Å². The number of carbonyl (C=O) groups excluding carboxylic acids is 10. The molecular formula is C33H31IN4O15S. The number of hydroxylamine groups is 6. The Hall–Kier alpha value is -5.84. The molecule has 3 aliphatic heterocycles. The summed E-state index contributed by atoms with van der Waals surface area (Å²) in [6, 6.07) is 10.8. The molecule has 0 unspecified atom stereocenters. The van der Waals surface area contributed by atoms with Gasteiger partial charge < -0.3 is 19.8 Å². The molecule has 3 heterocycles. The maximum absolute atomic E-state index is 11.8. The summed E-state index contributed by atoms with van der Waals surface area (Å²) in [7, 11) is -3.59. The van der Waals surface area contributed by atoms with Gasteiger partial charge in [0, 0.05) is 56.0 Å². The second kappa shape index (κ2) is 19.3. The Morgan fingerprint density at radius 2 is 1.02 bits per heavy atom. The zero-order chi connectivity index (χ0) is 40.2. The van der Waals surface area contributed by atoms with Gasteiger partial charge in [0.05, 0.1) is 20.4 Å². The lowest BCUT2D eigenvalue weighted by molar-refractivity contribution is -0.197. The van der Waals surface area contributed by atoms with Gasteiger partial charge in [0.15, 0.2) is 9.84 Å². The highest BCUT2D eigenvalue weighted by atomic mass is 127. The molecule has 5 rings (SSSR count). The fourth-order valence-corrected chi connectivity index (χ4v) is 5.07. The summed E-state index contributed by atoms with van der Waals surface area (Å²) in [5, 5.41) is 4.89. The van der Waals surface area contributed by atoms with Crippen LogP contribution in [0.2, 0.25) is 0 Å². The van der Waals surface area contributed by atoms with Crippen LogP contribution in [-0.2, 0) is 62.7 Å². The van der Waals surface area contributed by atoms with Gasteiger partial charge >= 0.3 is 17.9 Å². The molecule has 0 aliphatic carbocycles. The van der Waals surface area contributed by atoms with Crippen LogP contribution in [0.5, 0.6) is 0 Å². The highest BCUT2D eigenvalue weighted by molar-refractivity contribution is 14.1. The third-order valence-corrected chi connectivity index (χ3v) is 9.07. The molecule has 3 fully saturated rings. The molecule has 19 nitrogen and oxygen atoms in total. The molecule has 3 aliphatic rings. The average molecular weight is 883 g/mol. The first kappa shape index (κ1) is 42.6. The van der Waals surface area contributed by atoms with E-state index in [4.69, 9.17) is 9.68 Å². The van der Waals surface area contributed by atoms with E-state index in [1.807, 2.05) is 22.6 Å². The SMILES string of the molecule is C=CS(=O)(=O)c1ccc(C(=O)ON2C(=O)CCC2=O)cc1.CCC(=O)ON1C(=O)CCC1=O.O=C(CI)Nc1ccc(C(=O)ON2C(=O)CCC2=O)cc1. The van der Waals surface area contributed by atoms with Crippen LogP contribution < -0.4 is 5.32 Å². The van der Waals surface area contributed by atoms with Gasteiger partial charge in [0.25, 0.3) is 35.4 Å². The zero-order valence-corrected chi connectivity index (χ0v) is 31.3. The average Bonchev–Trinajstić information content (AvgIpc) is 3.78. The molecule has 286 valence electrons. The number of anilines is 1. The molecule has 0 saturated carbocycles. The fraction of sp³-hybridized carbons (Fsp3) is 0.273. The summed E-state index contributed by atoms with van der Waals surface area (Å²) >= 11 is 1.93. The highest BCUT2D eigenvalue weighted by Crippen LogP contribution is 2.18. The van der Waals surface area contributed by atoms with Crippen molar-refractivity contribution in [1.82, 2.24) is 15.2 Å². The van der Waals surface area contributed by atoms with Crippen LogP contribution in [-0.4, -0.2) is 87.3 Å². The Kier molecular flexibility index (Phi) is 15.2. The molecule has 0 spiro atoms. The van der Waals surface area contributed by atoms with Crippen molar-refractivity contribution < 1.29 is 70.9 Å². The number of imide groups is 3. The minimum atomic E-state index is -3.59. The van der Waals surface area contributed by atoms with Crippen molar-refractivity contribution in [2.75, 3.05) is 9.74 Å². The standard InChI is InChI=1S/C13H11IN2O5.C13H11NO6S.C7H9NO4/c14-7-10(17)15-9-3-1-8(2-4-9)13(20)21-16-11(18)5-6-12(16)19;1-2-21(18,19)10-5-3-9(4-6-10)13(17)20-14-11(15)7-8-12(14)16;1-2-7(11)12-8-5(9)3-4-6(8)10/h1-4H,5-7H2,(H,15,17);2-6H,1,7-8H2;2-4H2,1H3. The summed E-state index contributed by atoms with van der Waals surface area (Å²) in [6.45, 7) is 4.78. The van der Waals surface area contributed by atoms with Crippen molar-refractivity contribution in [2.45, 2.75) is 56.8 Å². The third kappa shape index (κ3) is 11.6. The summed E-state index contributed by atoms with van der Waals surface area (Å²) in [4.78, 5) is 126. The van der Waals surface area contributed by atoms with Crippen LogP contribution in [0.1, 0.15) is 72.6 Å². The number of hydrogen-bond donors (Lipinski definition) is 1. The predicted molar refractivity (Wildman–Crippen MR) is 188 cm³/mol. The quantitative estimate of drug-likeness (QED) is 0.204. The maximum atomic E-state index is 11.8. The first-order valence-electron chi connectivity index (χ1n) is 15.7. The first-order chi connectivity index (χ1) is 25.5. The number of halogens is 1. The number of benzene rings is 2. The molecule has 1 N–H and O–H groups in total. The van der Waals surface area contributed by atoms with Gasteiger partial charge in [-0.15, -0.1) is 15.2 Å². The van der Waals surface area contributed by atoms with E-state index in [9.17, 15) is 56.4 Å². The Labute approximate surface area is 320 Å². The second-order valence-electron chi connectivity index (χ2n) is 10.8. The molecule has 7 amide bonds. The Morgan fingerprint density at radius 3 is 1.35 bits per heavy atom. The lowest BCUT2D eigenvalue weighted by Gasteiger charge is -2.12. The fourth-order valence-electron chi connectivity index (χ4n) is 4.17. The largest absolute Gasteiger partial charge is 0.363 e. The predicted octanol–water partition coefficient (Wildman–Crippen LogP) is 2.11. The van der Waals surface area contributed by atoms with Crippen LogP contribution in [0.3, 0.4) is 0 Å². The number of nitrogens with zero attached hydrogens (tertiary/aromatic N) is 3. The molecule has 3 saturated heterocycles. The smallest absolute Gasteiger partial charge is 0.330 e. The highest BCUT2D eigenvalue weighted by Gasteiger charge is 2.35. The van der Waals surface area contributed by atoms with Gasteiger partial charge in [0.2, 0.25) is 5.91 Å². The van der Waals surface area contributed by atoms with E-state index in [0.29, 0.717) is 25.3 Å². The lowest BCUT2D eigenvalue weighted by atomic mass is 10.2. The number of carbonyl (C=O) groups is 10. The second-order valence-corrected chi connectivity index (χ2v) is 13.5. The van der Waals surface area contributed by atoms with Gasteiger partial charge in [0.1, 0.15) is 0 Å². The Balaban J connectivity index is 0.000000227. The van der Waals surface area contributed by atoms with Crippen molar-refractivity contribution in [3.05, 3.63) is 71.6 Å². The van der Waals surface area contributed by atoms with E-state index >= 15 is 0 Å². The zero-order valence-electron chi connectivity index (χ0n) is 28.3. The third-order valence-electron chi connectivity index (χ3n) is 7.01. The van der Waals surface area contributed by atoms with Gasteiger partial charge in [-0.25, -0.2) is 22.8 Å². The summed E-state index contributed by atoms with van der Waals surface area (Å²) < 4.78 is 23.4. The van der Waals surface area contributed by atoms with E-state index in [0.717, 1.165) is 5.41 Å².